The Balaban J connectivity index is 1.95. The first-order valence-electron chi connectivity index (χ1n) is 8.13. The van der Waals surface area contributed by atoms with Gasteiger partial charge in [0, 0.05) is 13.0 Å². The van der Waals surface area contributed by atoms with Gasteiger partial charge in [-0.25, -0.2) is 0 Å². The number of nitrogens with zero attached hydrogens (tertiary/aromatic N) is 1. The summed E-state index contributed by atoms with van der Waals surface area (Å²) in [6.07, 6.45) is 8.60. The second kappa shape index (κ2) is 4.83. The molecule has 0 aromatic rings. The summed E-state index contributed by atoms with van der Waals surface area (Å²) in [6.45, 7) is 2.58. The second-order valence-corrected chi connectivity index (χ2v) is 7.15. The van der Waals surface area contributed by atoms with Crippen molar-refractivity contribution in [1.82, 2.24) is 4.90 Å². The van der Waals surface area contributed by atoms with Gasteiger partial charge in [-0.3, -0.25) is 14.5 Å². The van der Waals surface area contributed by atoms with E-state index in [0.29, 0.717) is 18.9 Å². The fraction of sp³-hybridized carbons (Fsp3) is 0.875. The Kier molecular flexibility index (Phi) is 3.39. The molecule has 2 aliphatic carbocycles. The Morgan fingerprint density at radius 2 is 1.80 bits per heavy atom. The highest BCUT2D eigenvalue weighted by atomic mass is 16.2. The van der Waals surface area contributed by atoms with Gasteiger partial charge in [0.2, 0.25) is 11.8 Å². The predicted molar refractivity (Wildman–Crippen MR) is 76.8 cm³/mol. The van der Waals surface area contributed by atoms with E-state index in [2.05, 4.69) is 6.92 Å². The van der Waals surface area contributed by atoms with Gasteiger partial charge in [0.1, 0.15) is 0 Å². The summed E-state index contributed by atoms with van der Waals surface area (Å²) in [5, 5.41) is 0. The lowest BCUT2D eigenvalue weighted by Gasteiger charge is -2.47. The van der Waals surface area contributed by atoms with Gasteiger partial charge in [-0.1, -0.05) is 32.6 Å². The van der Waals surface area contributed by atoms with Gasteiger partial charge in [0.05, 0.1) is 11.0 Å². The minimum absolute atomic E-state index is 0.0381. The van der Waals surface area contributed by atoms with E-state index in [-0.39, 0.29) is 17.2 Å². The molecule has 3 aliphatic rings. The number of carbonyl (C=O) groups is 2. The third-order valence-electron chi connectivity index (χ3n) is 6.17. The summed E-state index contributed by atoms with van der Waals surface area (Å²) in [4.78, 5) is 27.2. The Labute approximate surface area is 121 Å². The highest BCUT2D eigenvalue weighted by molar-refractivity contribution is 6.06. The van der Waals surface area contributed by atoms with E-state index in [0.717, 1.165) is 44.9 Å². The van der Waals surface area contributed by atoms with Crippen molar-refractivity contribution >= 4 is 11.8 Å². The van der Waals surface area contributed by atoms with Crippen LogP contribution in [0.2, 0.25) is 0 Å². The Morgan fingerprint density at radius 3 is 2.40 bits per heavy atom. The fourth-order valence-electron chi connectivity index (χ4n) is 4.81. The molecule has 3 rings (SSSR count). The van der Waals surface area contributed by atoms with Crippen LogP contribution in [-0.4, -0.2) is 28.8 Å². The number of amides is 2. The van der Waals surface area contributed by atoms with Crippen LogP contribution in [0.5, 0.6) is 0 Å². The standard InChI is InChI=1S/C16H26N2O2/c1-12-6-2-3-9-16(12,11-17)18-13(19)10-15(14(18)20)7-4-5-8-15/h12H,2-11,17H2,1H3. The maximum Gasteiger partial charge on any atom is 0.236 e. The molecular formula is C16H26N2O2. The molecule has 2 unspecified atom stereocenters. The van der Waals surface area contributed by atoms with Crippen LogP contribution in [0.25, 0.3) is 0 Å². The zero-order valence-corrected chi connectivity index (χ0v) is 12.5. The Hall–Kier alpha value is -0.900. The van der Waals surface area contributed by atoms with E-state index in [1.54, 1.807) is 4.90 Å². The Bertz CT molecular complexity index is 428. The molecule has 1 heterocycles. The molecule has 1 saturated heterocycles. The van der Waals surface area contributed by atoms with Crippen molar-refractivity contribution in [1.29, 1.82) is 0 Å². The minimum atomic E-state index is -0.404. The normalized spacial score (nSPS) is 37.1. The van der Waals surface area contributed by atoms with Crippen molar-refractivity contribution in [2.24, 2.45) is 17.1 Å². The number of imide groups is 1. The summed E-state index contributed by atoms with van der Waals surface area (Å²) in [5.74, 6) is 0.459. The van der Waals surface area contributed by atoms with Crippen LogP contribution in [0.4, 0.5) is 0 Å². The van der Waals surface area contributed by atoms with Gasteiger partial charge in [-0.05, 0) is 31.6 Å². The molecule has 2 atom stereocenters. The SMILES string of the molecule is CC1CCCCC1(CN)N1C(=O)CC2(CCCC2)C1=O. The van der Waals surface area contributed by atoms with Crippen molar-refractivity contribution in [3.63, 3.8) is 0 Å². The lowest BCUT2D eigenvalue weighted by atomic mass is 9.72. The topological polar surface area (TPSA) is 63.4 Å². The zero-order valence-electron chi connectivity index (χ0n) is 12.5. The molecule has 0 bridgehead atoms. The minimum Gasteiger partial charge on any atom is -0.328 e. The van der Waals surface area contributed by atoms with Crippen molar-refractivity contribution in [2.45, 2.75) is 70.3 Å². The first-order chi connectivity index (χ1) is 9.56. The van der Waals surface area contributed by atoms with Crippen molar-refractivity contribution in [3.8, 4) is 0 Å². The first kappa shape index (κ1) is 14.1. The van der Waals surface area contributed by atoms with Crippen LogP contribution in [0.1, 0.15) is 64.7 Å². The van der Waals surface area contributed by atoms with Gasteiger partial charge in [0.15, 0.2) is 0 Å². The van der Waals surface area contributed by atoms with E-state index >= 15 is 0 Å². The molecule has 0 radical (unpaired) electrons. The quantitative estimate of drug-likeness (QED) is 0.788. The number of carbonyl (C=O) groups excluding carboxylic acids is 2. The Morgan fingerprint density at radius 1 is 1.15 bits per heavy atom. The number of rotatable bonds is 2. The number of nitrogens with two attached hydrogens (primary N) is 1. The van der Waals surface area contributed by atoms with Crippen LogP contribution in [0, 0.1) is 11.3 Å². The number of hydrogen-bond donors (Lipinski definition) is 1. The van der Waals surface area contributed by atoms with E-state index in [9.17, 15) is 9.59 Å². The van der Waals surface area contributed by atoms with Crippen LogP contribution in [-0.2, 0) is 9.59 Å². The predicted octanol–water partition coefficient (Wildman–Crippen LogP) is 2.21. The fourth-order valence-corrected chi connectivity index (χ4v) is 4.81. The van der Waals surface area contributed by atoms with Crippen molar-refractivity contribution in [3.05, 3.63) is 0 Å². The summed E-state index contributed by atoms with van der Waals surface area (Å²) in [5.41, 5.74) is 5.30. The van der Waals surface area contributed by atoms with Crippen LogP contribution >= 0.6 is 0 Å². The zero-order chi connectivity index (χ0) is 14.4. The molecule has 112 valence electrons. The molecule has 4 heteroatoms. The molecular weight excluding hydrogens is 252 g/mol. The summed E-state index contributed by atoms with van der Waals surface area (Å²) < 4.78 is 0. The third kappa shape index (κ3) is 1.77. The highest BCUT2D eigenvalue weighted by Crippen LogP contribution is 2.51. The molecule has 4 nitrogen and oxygen atoms in total. The lowest BCUT2D eigenvalue weighted by molar-refractivity contribution is -0.152. The summed E-state index contributed by atoms with van der Waals surface area (Å²) >= 11 is 0. The maximum absolute atomic E-state index is 13.0. The number of hydrogen-bond acceptors (Lipinski definition) is 3. The molecule has 2 N–H and O–H groups in total. The van der Waals surface area contributed by atoms with Gasteiger partial charge >= 0.3 is 0 Å². The molecule has 1 aliphatic heterocycles. The van der Waals surface area contributed by atoms with Crippen molar-refractivity contribution < 1.29 is 9.59 Å². The average Bonchev–Trinajstić information content (AvgIpc) is 2.99. The van der Waals surface area contributed by atoms with E-state index < -0.39 is 5.54 Å². The van der Waals surface area contributed by atoms with E-state index in [1.165, 1.54) is 6.42 Å². The first-order valence-corrected chi connectivity index (χ1v) is 8.13. The van der Waals surface area contributed by atoms with E-state index in [1.807, 2.05) is 0 Å². The van der Waals surface area contributed by atoms with Crippen LogP contribution in [0.15, 0.2) is 0 Å². The molecule has 0 aromatic heterocycles. The summed E-state index contributed by atoms with van der Waals surface area (Å²) in [6, 6.07) is 0. The molecule has 1 spiro atoms. The molecule has 2 saturated carbocycles. The van der Waals surface area contributed by atoms with Crippen LogP contribution < -0.4 is 5.73 Å². The van der Waals surface area contributed by atoms with E-state index in [4.69, 9.17) is 5.73 Å². The van der Waals surface area contributed by atoms with Gasteiger partial charge in [-0.2, -0.15) is 0 Å². The summed E-state index contributed by atoms with van der Waals surface area (Å²) in [7, 11) is 0. The third-order valence-corrected chi connectivity index (χ3v) is 6.17. The van der Waals surface area contributed by atoms with Crippen molar-refractivity contribution in [2.75, 3.05) is 6.54 Å². The largest absolute Gasteiger partial charge is 0.328 e. The molecule has 20 heavy (non-hydrogen) atoms. The van der Waals surface area contributed by atoms with Gasteiger partial charge in [-0.15, -0.1) is 0 Å². The maximum atomic E-state index is 13.0. The monoisotopic (exact) mass is 278 g/mol. The second-order valence-electron chi connectivity index (χ2n) is 7.15. The highest BCUT2D eigenvalue weighted by Gasteiger charge is 2.59. The average molecular weight is 278 g/mol. The molecule has 2 amide bonds. The van der Waals surface area contributed by atoms with Crippen LogP contribution in [0.3, 0.4) is 0 Å². The van der Waals surface area contributed by atoms with Gasteiger partial charge < -0.3 is 5.73 Å². The molecule has 0 aromatic carbocycles. The van der Waals surface area contributed by atoms with Gasteiger partial charge in [0.25, 0.3) is 0 Å². The smallest absolute Gasteiger partial charge is 0.236 e. The lowest BCUT2D eigenvalue weighted by Crippen LogP contribution is -2.61. The number of likely N-dealkylation sites (tertiary alicyclic amines) is 1. The molecule has 3 fully saturated rings.